The molecule has 2 heterocycles. The van der Waals surface area contributed by atoms with Gasteiger partial charge in [0, 0.05) is 12.3 Å². The van der Waals surface area contributed by atoms with Gasteiger partial charge in [-0.05, 0) is 48.1 Å². The third kappa shape index (κ3) is 4.78. The summed E-state index contributed by atoms with van der Waals surface area (Å²) in [6.07, 6.45) is 0.691. The van der Waals surface area contributed by atoms with Gasteiger partial charge in [0.1, 0.15) is 4.70 Å². The fraction of sp³-hybridized carbons (Fsp3) is 0.250. The van der Waals surface area contributed by atoms with Crippen molar-refractivity contribution in [3.05, 3.63) is 81.0 Å². The van der Waals surface area contributed by atoms with Gasteiger partial charge in [0.2, 0.25) is 0 Å². The largest absolute Gasteiger partial charge is 0.493 e. The highest BCUT2D eigenvalue weighted by Crippen LogP contribution is 2.28. The molecule has 0 bridgehead atoms. The zero-order chi connectivity index (χ0) is 21.8. The predicted octanol–water partition coefficient (Wildman–Crippen LogP) is 5.32. The SMILES string of the molecule is COc1ccc(CCn2c(SCc3ccc(C)cc3)nc3ccsc3c2=O)cc1OC. The molecular formula is C24H24N2O3S2. The number of thioether (sulfide) groups is 1. The standard InChI is InChI=1S/C24H24N2O3S2/c1-16-4-6-18(7-5-16)15-31-24-25-19-11-13-30-22(19)23(27)26(24)12-10-17-8-9-20(28-2)21(14-17)29-3/h4-9,11,13-14H,10,12,15H2,1-3H3. The summed E-state index contributed by atoms with van der Waals surface area (Å²) in [5.74, 6) is 2.14. The van der Waals surface area contributed by atoms with Gasteiger partial charge in [-0.2, -0.15) is 0 Å². The van der Waals surface area contributed by atoms with Crippen LogP contribution in [0.3, 0.4) is 0 Å². The minimum Gasteiger partial charge on any atom is -0.493 e. The summed E-state index contributed by atoms with van der Waals surface area (Å²) >= 11 is 3.04. The fourth-order valence-electron chi connectivity index (χ4n) is 3.34. The van der Waals surface area contributed by atoms with Crippen molar-refractivity contribution < 1.29 is 9.47 Å². The molecule has 0 unspecified atom stereocenters. The van der Waals surface area contributed by atoms with E-state index in [1.165, 1.54) is 22.5 Å². The number of methoxy groups -OCH3 is 2. The van der Waals surface area contributed by atoms with Crippen LogP contribution in [0.15, 0.2) is 63.9 Å². The molecule has 160 valence electrons. The van der Waals surface area contributed by atoms with E-state index in [1.807, 2.05) is 29.6 Å². The fourth-order valence-corrected chi connectivity index (χ4v) is 5.10. The Morgan fingerprint density at radius 3 is 2.48 bits per heavy atom. The lowest BCUT2D eigenvalue weighted by Crippen LogP contribution is -2.23. The molecule has 7 heteroatoms. The summed E-state index contributed by atoms with van der Waals surface area (Å²) in [5.41, 5.74) is 4.31. The molecule has 2 aromatic heterocycles. The Morgan fingerprint density at radius 1 is 1.00 bits per heavy atom. The minimum atomic E-state index is 0.0203. The highest BCUT2D eigenvalue weighted by Gasteiger charge is 2.14. The van der Waals surface area contributed by atoms with Gasteiger partial charge >= 0.3 is 0 Å². The van der Waals surface area contributed by atoms with E-state index >= 15 is 0 Å². The lowest BCUT2D eigenvalue weighted by atomic mass is 10.1. The first-order valence-corrected chi connectivity index (χ1v) is 11.8. The molecule has 0 atom stereocenters. The molecule has 0 fully saturated rings. The molecule has 0 saturated carbocycles. The average Bonchev–Trinajstić information content (AvgIpc) is 3.27. The third-order valence-electron chi connectivity index (χ3n) is 5.09. The number of hydrogen-bond donors (Lipinski definition) is 0. The second-order valence-electron chi connectivity index (χ2n) is 7.20. The summed E-state index contributed by atoms with van der Waals surface area (Å²) in [4.78, 5) is 18.0. The number of benzene rings is 2. The van der Waals surface area contributed by atoms with Crippen LogP contribution >= 0.6 is 23.1 Å². The van der Waals surface area contributed by atoms with E-state index in [9.17, 15) is 4.79 Å². The van der Waals surface area contributed by atoms with Gasteiger partial charge in [0.05, 0.1) is 19.7 Å². The molecule has 0 saturated heterocycles. The Morgan fingerprint density at radius 2 is 1.74 bits per heavy atom. The van der Waals surface area contributed by atoms with Gasteiger partial charge in [-0.3, -0.25) is 9.36 Å². The molecule has 0 radical (unpaired) electrons. The van der Waals surface area contributed by atoms with E-state index in [2.05, 4.69) is 31.2 Å². The molecule has 5 nitrogen and oxygen atoms in total. The van der Waals surface area contributed by atoms with Crippen molar-refractivity contribution in [3.63, 3.8) is 0 Å². The topological polar surface area (TPSA) is 53.4 Å². The average molecular weight is 453 g/mol. The number of thiophene rings is 1. The summed E-state index contributed by atoms with van der Waals surface area (Å²) in [5, 5.41) is 2.67. The zero-order valence-corrected chi connectivity index (χ0v) is 19.4. The lowest BCUT2D eigenvalue weighted by Gasteiger charge is -2.13. The Balaban J connectivity index is 1.61. The molecule has 0 N–H and O–H groups in total. The van der Waals surface area contributed by atoms with Crippen molar-refractivity contribution >= 4 is 33.3 Å². The molecule has 0 aliphatic carbocycles. The summed E-state index contributed by atoms with van der Waals surface area (Å²) in [6.45, 7) is 2.63. The molecule has 4 aromatic rings. The Bertz CT molecular complexity index is 1250. The zero-order valence-electron chi connectivity index (χ0n) is 17.8. The van der Waals surface area contributed by atoms with E-state index < -0.39 is 0 Å². The van der Waals surface area contributed by atoms with Gasteiger partial charge in [-0.15, -0.1) is 11.3 Å². The number of ether oxygens (including phenoxy) is 2. The van der Waals surface area contributed by atoms with E-state index in [1.54, 1.807) is 30.5 Å². The molecule has 0 amide bonds. The predicted molar refractivity (Wildman–Crippen MR) is 128 cm³/mol. The van der Waals surface area contributed by atoms with E-state index in [4.69, 9.17) is 14.5 Å². The highest BCUT2D eigenvalue weighted by atomic mass is 32.2. The van der Waals surface area contributed by atoms with Gasteiger partial charge in [0.15, 0.2) is 16.7 Å². The Labute approximate surface area is 189 Å². The molecule has 4 rings (SSSR count). The van der Waals surface area contributed by atoms with E-state index in [0.717, 1.165) is 22.0 Å². The van der Waals surface area contributed by atoms with Crippen molar-refractivity contribution in [1.29, 1.82) is 0 Å². The normalized spacial score (nSPS) is 11.1. The van der Waals surface area contributed by atoms with Crippen LogP contribution in [0.4, 0.5) is 0 Å². The molecule has 2 aromatic carbocycles. The van der Waals surface area contributed by atoms with Crippen LogP contribution in [0.1, 0.15) is 16.7 Å². The van der Waals surface area contributed by atoms with Crippen molar-refractivity contribution in [2.24, 2.45) is 0 Å². The first kappa shape index (κ1) is 21.5. The van der Waals surface area contributed by atoms with Crippen LogP contribution in [0.25, 0.3) is 10.2 Å². The number of aryl methyl sites for hydroxylation is 2. The Hall–Kier alpha value is -2.77. The van der Waals surface area contributed by atoms with Crippen molar-refractivity contribution in [1.82, 2.24) is 9.55 Å². The van der Waals surface area contributed by atoms with Crippen LogP contribution in [0.5, 0.6) is 11.5 Å². The summed E-state index contributed by atoms with van der Waals surface area (Å²) in [7, 11) is 3.25. The second kappa shape index (κ2) is 9.58. The minimum absolute atomic E-state index is 0.0203. The molecule has 0 aliphatic rings. The van der Waals surface area contributed by atoms with Crippen molar-refractivity contribution in [2.45, 2.75) is 30.8 Å². The monoisotopic (exact) mass is 452 g/mol. The maximum atomic E-state index is 13.2. The van der Waals surface area contributed by atoms with Gasteiger partial charge in [0.25, 0.3) is 5.56 Å². The van der Waals surface area contributed by atoms with E-state index in [0.29, 0.717) is 29.2 Å². The maximum absolute atomic E-state index is 13.2. The van der Waals surface area contributed by atoms with Crippen LogP contribution in [-0.2, 0) is 18.7 Å². The number of nitrogens with zero attached hydrogens (tertiary/aromatic N) is 2. The van der Waals surface area contributed by atoms with Crippen LogP contribution in [0, 0.1) is 6.92 Å². The van der Waals surface area contributed by atoms with E-state index in [-0.39, 0.29) is 5.56 Å². The summed E-state index contributed by atoms with van der Waals surface area (Å²) < 4.78 is 13.2. The molecule has 0 aliphatic heterocycles. The number of rotatable bonds is 8. The second-order valence-corrected chi connectivity index (χ2v) is 9.06. The number of hydrogen-bond acceptors (Lipinski definition) is 6. The van der Waals surface area contributed by atoms with Gasteiger partial charge < -0.3 is 9.47 Å². The highest BCUT2D eigenvalue weighted by molar-refractivity contribution is 7.98. The third-order valence-corrected chi connectivity index (χ3v) is 7.03. The number of aromatic nitrogens is 2. The van der Waals surface area contributed by atoms with Crippen LogP contribution in [0.2, 0.25) is 0 Å². The first-order valence-electron chi connectivity index (χ1n) is 9.96. The molecular weight excluding hydrogens is 428 g/mol. The first-order chi connectivity index (χ1) is 15.1. The smallest absolute Gasteiger partial charge is 0.272 e. The van der Waals surface area contributed by atoms with Gasteiger partial charge in [-0.25, -0.2) is 4.98 Å². The maximum Gasteiger partial charge on any atom is 0.272 e. The van der Waals surface area contributed by atoms with Crippen LogP contribution < -0.4 is 15.0 Å². The van der Waals surface area contributed by atoms with Crippen LogP contribution in [-0.4, -0.2) is 23.8 Å². The quantitative estimate of drug-likeness (QED) is 0.268. The van der Waals surface area contributed by atoms with Gasteiger partial charge in [-0.1, -0.05) is 47.7 Å². The van der Waals surface area contributed by atoms with Crippen molar-refractivity contribution in [2.75, 3.05) is 14.2 Å². The molecule has 0 spiro atoms. The summed E-state index contributed by atoms with van der Waals surface area (Å²) in [6, 6.07) is 16.2. The molecule has 31 heavy (non-hydrogen) atoms. The van der Waals surface area contributed by atoms with Crippen molar-refractivity contribution in [3.8, 4) is 11.5 Å². The Kier molecular flexibility index (Phi) is 6.63. The lowest BCUT2D eigenvalue weighted by molar-refractivity contribution is 0.354. The number of fused-ring (bicyclic) bond motifs is 1.